The minimum absolute atomic E-state index is 0.134. The molecule has 0 aliphatic rings. The van der Waals surface area contributed by atoms with Gasteiger partial charge in [-0.3, -0.25) is 4.90 Å². The van der Waals surface area contributed by atoms with Crippen molar-refractivity contribution in [3.63, 3.8) is 0 Å². The molecule has 0 fully saturated rings. The number of halogens is 2. The molecule has 0 aliphatic carbocycles. The van der Waals surface area contributed by atoms with E-state index in [9.17, 15) is 5.11 Å². The lowest BCUT2D eigenvalue weighted by Gasteiger charge is -2.26. The molecule has 0 aromatic heterocycles. The summed E-state index contributed by atoms with van der Waals surface area (Å²) in [5.74, 6) is 0.698. The Hall–Kier alpha value is -0.480. The third-order valence-electron chi connectivity index (χ3n) is 2.99. The summed E-state index contributed by atoms with van der Waals surface area (Å²) in [6.07, 6.45) is 0. The van der Waals surface area contributed by atoms with Gasteiger partial charge in [-0.05, 0) is 32.1 Å². The van der Waals surface area contributed by atoms with E-state index in [-0.39, 0.29) is 5.75 Å². The molecule has 1 N–H and O–H groups in total. The van der Waals surface area contributed by atoms with Crippen LogP contribution in [0.2, 0.25) is 10.0 Å². The summed E-state index contributed by atoms with van der Waals surface area (Å²) in [5, 5.41) is 10.9. The third kappa shape index (κ3) is 5.88. The topological polar surface area (TPSA) is 26.7 Å². The molecule has 0 saturated heterocycles. The van der Waals surface area contributed by atoms with E-state index in [4.69, 9.17) is 23.2 Å². The summed E-state index contributed by atoms with van der Waals surface area (Å²) < 4.78 is 0. The summed E-state index contributed by atoms with van der Waals surface area (Å²) in [4.78, 5) is 4.46. The number of aromatic hydroxyl groups is 1. The zero-order chi connectivity index (χ0) is 15.3. The van der Waals surface area contributed by atoms with Gasteiger partial charge in [-0.15, -0.1) is 0 Å². The molecule has 1 aromatic rings. The maximum Gasteiger partial charge on any atom is 0.138 e. The van der Waals surface area contributed by atoms with Gasteiger partial charge in [-0.25, -0.2) is 0 Å². The van der Waals surface area contributed by atoms with Crippen LogP contribution in [0.3, 0.4) is 0 Å². The van der Waals surface area contributed by atoms with E-state index in [1.165, 1.54) is 0 Å². The van der Waals surface area contributed by atoms with Crippen molar-refractivity contribution in [1.29, 1.82) is 0 Å². The van der Waals surface area contributed by atoms with Crippen LogP contribution >= 0.6 is 23.2 Å². The highest BCUT2D eigenvalue weighted by atomic mass is 35.5. The van der Waals surface area contributed by atoms with Crippen LogP contribution in [0.4, 0.5) is 0 Å². The molecule has 0 unspecified atom stereocenters. The summed E-state index contributed by atoms with van der Waals surface area (Å²) in [7, 11) is 4.11. The van der Waals surface area contributed by atoms with E-state index in [2.05, 4.69) is 37.7 Å². The standard InChI is InChI=1S/C15H24Cl2N2O/c1-11(2)9-19(6-5-18(3)4)10-12-7-13(16)8-14(17)15(12)20/h7-8,11,20H,5-6,9-10H2,1-4H3. The van der Waals surface area contributed by atoms with Gasteiger partial charge in [0.1, 0.15) is 5.75 Å². The number of hydrogen-bond donors (Lipinski definition) is 1. The molecule has 1 aromatic carbocycles. The molecule has 0 bridgehead atoms. The fourth-order valence-electron chi connectivity index (χ4n) is 2.07. The quantitative estimate of drug-likeness (QED) is 0.830. The van der Waals surface area contributed by atoms with Gasteiger partial charge in [0.2, 0.25) is 0 Å². The highest BCUT2D eigenvalue weighted by Crippen LogP contribution is 2.32. The molecule has 0 heterocycles. The molecular formula is C15H24Cl2N2O. The third-order valence-corrected chi connectivity index (χ3v) is 3.49. The van der Waals surface area contributed by atoms with Crippen LogP contribution in [0, 0.1) is 5.92 Å². The average molecular weight is 319 g/mol. The first kappa shape index (κ1) is 17.6. The number of benzene rings is 1. The van der Waals surface area contributed by atoms with E-state index in [1.807, 2.05) is 0 Å². The summed E-state index contributed by atoms with van der Waals surface area (Å²) in [5.41, 5.74) is 0.780. The lowest BCUT2D eigenvalue weighted by molar-refractivity contribution is 0.210. The maximum atomic E-state index is 10.1. The molecule has 0 atom stereocenters. The van der Waals surface area contributed by atoms with Gasteiger partial charge in [0.25, 0.3) is 0 Å². The molecule has 1 rings (SSSR count). The van der Waals surface area contributed by atoms with Crippen molar-refractivity contribution < 1.29 is 5.11 Å². The van der Waals surface area contributed by atoms with Gasteiger partial charge in [0, 0.05) is 36.8 Å². The minimum Gasteiger partial charge on any atom is -0.506 e. The second-order valence-corrected chi connectivity index (χ2v) is 6.67. The van der Waals surface area contributed by atoms with Crippen LogP contribution in [-0.4, -0.2) is 48.6 Å². The van der Waals surface area contributed by atoms with Gasteiger partial charge >= 0.3 is 0 Å². The number of hydrogen-bond acceptors (Lipinski definition) is 3. The van der Waals surface area contributed by atoms with Crippen LogP contribution in [0.15, 0.2) is 12.1 Å². The first-order chi connectivity index (χ1) is 9.29. The average Bonchev–Trinajstić information content (AvgIpc) is 2.31. The molecular weight excluding hydrogens is 295 g/mol. The predicted octanol–water partition coefficient (Wildman–Crippen LogP) is 3.72. The molecule has 0 saturated carbocycles. The number of rotatable bonds is 7. The normalized spacial score (nSPS) is 11.8. The van der Waals surface area contributed by atoms with E-state index >= 15 is 0 Å². The largest absolute Gasteiger partial charge is 0.506 e. The Morgan fingerprint density at radius 1 is 1.15 bits per heavy atom. The van der Waals surface area contributed by atoms with Crippen LogP contribution in [-0.2, 0) is 6.54 Å². The van der Waals surface area contributed by atoms with Crippen molar-refractivity contribution in [3.8, 4) is 5.75 Å². The Morgan fingerprint density at radius 2 is 1.80 bits per heavy atom. The van der Waals surface area contributed by atoms with Gasteiger partial charge in [0.15, 0.2) is 0 Å². The second-order valence-electron chi connectivity index (χ2n) is 5.83. The number of nitrogens with zero attached hydrogens (tertiary/aromatic N) is 2. The van der Waals surface area contributed by atoms with Crippen molar-refractivity contribution in [3.05, 3.63) is 27.7 Å². The Morgan fingerprint density at radius 3 is 2.35 bits per heavy atom. The maximum absolute atomic E-state index is 10.1. The van der Waals surface area contributed by atoms with Crippen molar-refractivity contribution in [2.75, 3.05) is 33.7 Å². The van der Waals surface area contributed by atoms with Crippen LogP contribution < -0.4 is 0 Å². The first-order valence-corrected chi connectivity index (χ1v) is 7.59. The lowest BCUT2D eigenvalue weighted by atomic mass is 10.1. The zero-order valence-corrected chi connectivity index (χ0v) is 14.2. The smallest absolute Gasteiger partial charge is 0.138 e. The van der Waals surface area contributed by atoms with Crippen molar-refractivity contribution >= 4 is 23.2 Å². The monoisotopic (exact) mass is 318 g/mol. The Labute approximate surface area is 132 Å². The van der Waals surface area contributed by atoms with Gasteiger partial charge in [0.05, 0.1) is 5.02 Å². The van der Waals surface area contributed by atoms with Crippen LogP contribution in [0.5, 0.6) is 5.75 Å². The van der Waals surface area contributed by atoms with Gasteiger partial charge in [-0.1, -0.05) is 37.0 Å². The molecule has 0 spiro atoms. The molecule has 114 valence electrons. The minimum atomic E-state index is 0.134. The Balaban J connectivity index is 2.83. The van der Waals surface area contributed by atoms with E-state index < -0.39 is 0 Å². The lowest BCUT2D eigenvalue weighted by Crippen LogP contribution is -2.34. The van der Waals surface area contributed by atoms with Gasteiger partial charge in [-0.2, -0.15) is 0 Å². The van der Waals surface area contributed by atoms with Crippen molar-refractivity contribution in [2.24, 2.45) is 5.92 Å². The summed E-state index contributed by atoms with van der Waals surface area (Å²) in [6.45, 7) is 7.91. The SMILES string of the molecule is CC(C)CN(CCN(C)C)Cc1cc(Cl)cc(Cl)c1O. The number of phenols is 1. The Kier molecular flexibility index (Phi) is 7.10. The van der Waals surface area contributed by atoms with E-state index in [0.717, 1.165) is 25.2 Å². The molecule has 0 radical (unpaired) electrons. The van der Waals surface area contributed by atoms with E-state index in [0.29, 0.717) is 22.5 Å². The summed E-state index contributed by atoms with van der Waals surface area (Å²) >= 11 is 12.0. The number of phenolic OH excluding ortho intramolecular Hbond substituents is 1. The molecule has 20 heavy (non-hydrogen) atoms. The van der Waals surface area contributed by atoms with Crippen molar-refractivity contribution in [2.45, 2.75) is 20.4 Å². The Bertz CT molecular complexity index is 436. The molecule has 3 nitrogen and oxygen atoms in total. The molecule has 0 amide bonds. The highest BCUT2D eigenvalue weighted by Gasteiger charge is 2.14. The number of likely N-dealkylation sites (N-methyl/N-ethyl adjacent to an activating group) is 1. The summed E-state index contributed by atoms with van der Waals surface area (Å²) in [6, 6.07) is 3.35. The molecule has 5 heteroatoms. The van der Waals surface area contributed by atoms with Crippen molar-refractivity contribution in [1.82, 2.24) is 9.80 Å². The predicted molar refractivity (Wildman–Crippen MR) is 86.8 cm³/mol. The molecule has 0 aliphatic heterocycles. The zero-order valence-electron chi connectivity index (χ0n) is 12.7. The van der Waals surface area contributed by atoms with E-state index in [1.54, 1.807) is 12.1 Å². The van der Waals surface area contributed by atoms with Gasteiger partial charge < -0.3 is 10.0 Å². The second kappa shape index (κ2) is 8.08. The fourth-order valence-corrected chi connectivity index (χ4v) is 2.61. The van der Waals surface area contributed by atoms with Crippen LogP contribution in [0.25, 0.3) is 0 Å². The highest BCUT2D eigenvalue weighted by molar-refractivity contribution is 6.35. The van der Waals surface area contributed by atoms with Crippen LogP contribution in [0.1, 0.15) is 19.4 Å². The first-order valence-electron chi connectivity index (χ1n) is 6.83. The fraction of sp³-hybridized carbons (Fsp3) is 0.600.